The zero-order valence-corrected chi connectivity index (χ0v) is 19.8. The van der Waals surface area contributed by atoms with E-state index in [-0.39, 0.29) is 5.75 Å². The Morgan fingerprint density at radius 3 is 2.48 bits per heavy atom. The Morgan fingerprint density at radius 2 is 1.81 bits per heavy atom. The minimum atomic E-state index is -0.917. The van der Waals surface area contributed by atoms with Crippen molar-refractivity contribution >= 4 is 6.08 Å². The number of aryl methyl sites for hydroxylation is 1. The van der Waals surface area contributed by atoms with Gasteiger partial charge in [-0.1, -0.05) is 35.5 Å². The van der Waals surface area contributed by atoms with E-state index in [1.165, 1.54) is 5.57 Å². The first-order valence-electron chi connectivity index (χ1n) is 11.1. The van der Waals surface area contributed by atoms with Gasteiger partial charge in [0.2, 0.25) is 0 Å². The Kier molecular flexibility index (Phi) is 8.72. The SMILES string of the molecule is CC(C)=CCCC(C)=CC(O)C(O)C(C)=CCCC1(C)C=Cc2cc(O)cc(C)c2O1. The predicted molar refractivity (Wildman–Crippen MR) is 128 cm³/mol. The van der Waals surface area contributed by atoms with Gasteiger partial charge in [-0.15, -0.1) is 0 Å². The average molecular weight is 427 g/mol. The number of phenolic OH excluding ortho intramolecular Hbond substituents is 1. The molecule has 0 fully saturated rings. The van der Waals surface area contributed by atoms with E-state index in [4.69, 9.17) is 4.74 Å². The van der Waals surface area contributed by atoms with Gasteiger partial charge >= 0.3 is 0 Å². The highest BCUT2D eigenvalue weighted by Gasteiger charge is 2.28. The number of hydrogen-bond donors (Lipinski definition) is 3. The summed E-state index contributed by atoms with van der Waals surface area (Å²) in [4.78, 5) is 0. The van der Waals surface area contributed by atoms with E-state index in [1.54, 1.807) is 18.2 Å². The number of benzene rings is 1. The molecule has 4 nitrogen and oxygen atoms in total. The van der Waals surface area contributed by atoms with Crippen molar-refractivity contribution in [2.45, 2.75) is 85.0 Å². The smallest absolute Gasteiger partial charge is 0.131 e. The number of phenols is 1. The molecule has 1 heterocycles. The number of allylic oxidation sites excluding steroid dienone is 4. The van der Waals surface area contributed by atoms with Crippen molar-refractivity contribution in [1.29, 1.82) is 0 Å². The Balaban J connectivity index is 1.94. The fourth-order valence-corrected chi connectivity index (χ4v) is 3.74. The molecule has 1 aromatic rings. The number of aliphatic hydroxyl groups excluding tert-OH is 2. The molecule has 3 atom stereocenters. The van der Waals surface area contributed by atoms with Crippen molar-refractivity contribution in [2.24, 2.45) is 0 Å². The van der Waals surface area contributed by atoms with Gasteiger partial charge in [-0.2, -0.15) is 0 Å². The van der Waals surface area contributed by atoms with Crippen molar-refractivity contribution in [1.82, 2.24) is 0 Å². The number of aliphatic hydroxyl groups is 2. The number of hydrogen-bond acceptors (Lipinski definition) is 4. The van der Waals surface area contributed by atoms with E-state index >= 15 is 0 Å². The van der Waals surface area contributed by atoms with E-state index in [0.29, 0.717) is 6.42 Å². The lowest BCUT2D eigenvalue weighted by atomic mass is 9.93. The molecule has 3 unspecified atom stereocenters. The van der Waals surface area contributed by atoms with Crippen molar-refractivity contribution in [2.75, 3.05) is 0 Å². The van der Waals surface area contributed by atoms with Crippen LogP contribution in [0.2, 0.25) is 0 Å². The molecule has 0 aliphatic carbocycles. The zero-order valence-electron chi connectivity index (χ0n) is 19.8. The summed E-state index contributed by atoms with van der Waals surface area (Å²) in [5.41, 5.74) is 4.44. The summed E-state index contributed by atoms with van der Waals surface area (Å²) >= 11 is 0. The fourth-order valence-electron chi connectivity index (χ4n) is 3.74. The molecule has 0 bridgehead atoms. The summed E-state index contributed by atoms with van der Waals surface area (Å²) in [6.45, 7) is 11.9. The molecule has 0 saturated carbocycles. The summed E-state index contributed by atoms with van der Waals surface area (Å²) in [5.74, 6) is 1.04. The topological polar surface area (TPSA) is 69.9 Å². The van der Waals surface area contributed by atoms with Crippen LogP contribution in [0, 0.1) is 6.92 Å². The number of aromatic hydroxyl groups is 1. The number of fused-ring (bicyclic) bond motifs is 1. The second kappa shape index (κ2) is 10.8. The lowest BCUT2D eigenvalue weighted by Crippen LogP contribution is -2.32. The molecule has 0 radical (unpaired) electrons. The molecule has 0 saturated heterocycles. The highest BCUT2D eigenvalue weighted by atomic mass is 16.5. The molecule has 3 N–H and O–H groups in total. The standard InChI is InChI=1S/C27H38O4/c1-18(2)9-7-10-19(3)15-24(29)25(30)20(4)11-8-13-27(6)14-12-22-17-23(28)16-21(5)26(22)31-27/h9,11-12,14-17,24-25,28-30H,7-8,10,13H2,1-6H3. The van der Waals surface area contributed by atoms with E-state index in [1.807, 2.05) is 45.9 Å². The Morgan fingerprint density at radius 1 is 1.10 bits per heavy atom. The van der Waals surface area contributed by atoms with E-state index in [9.17, 15) is 15.3 Å². The molecule has 2 rings (SSSR count). The van der Waals surface area contributed by atoms with Gasteiger partial charge in [0.05, 0.1) is 0 Å². The van der Waals surface area contributed by atoms with Crippen LogP contribution >= 0.6 is 0 Å². The normalized spacial score (nSPS) is 20.6. The fraction of sp³-hybridized carbons (Fsp3) is 0.481. The van der Waals surface area contributed by atoms with Gasteiger partial charge in [0.15, 0.2) is 0 Å². The van der Waals surface area contributed by atoms with Gasteiger partial charge < -0.3 is 20.1 Å². The van der Waals surface area contributed by atoms with Crippen LogP contribution in [0.15, 0.2) is 53.2 Å². The summed E-state index contributed by atoms with van der Waals surface area (Å²) in [7, 11) is 0. The second-order valence-electron chi connectivity index (χ2n) is 9.18. The maximum atomic E-state index is 10.5. The average Bonchev–Trinajstić information content (AvgIpc) is 2.67. The van der Waals surface area contributed by atoms with Crippen LogP contribution in [-0.2, 0) is 0 Å². The summed E-state index contributed by atoms with van der Waals surface area (Å²) < 4.78 is 6.25. The van der Waals surface area contributed by atoms with Gasteiger partial charge in [-0.05, 0) is 96.6 Å². The maximum absolute atomic E-state index is 10.5. The Bertz CT molecular complexity index is 887. The molecule has 0 amide bonds. The van der Waals surface area contributed by atoms with E-state index in [0.717, 1.165) is 47.3 Å². The molecule has 4 heteroatoms. The minimum Gasteiger partial charge on any atom is -0.508 e. The maximum Gasteiger partial charge on any atom is 0.131 e. The van der Waals surface area contributed by atoms with Crippen LogP contribution in [0.5, 0.6) is 11.5 Å². The van der Waals surface area contributed by atoms with E-state index < -0.39 is 17.8 Å². The van der Waals surface area contributed by atoms with Crippen molar-refractivity contribution in [3.05, 3.63) is 64.3 Å². The van der Waals surface area contributed by atoms with Gasteiger partial charge in [0, 0.05) is 5.56 Å². The van der Waals surface area contributed by atoms with Crippen LogP contribution in [0.4, 0.5) is 0 Å². The van der Waals surface area contributed by atoms with Crippen molar-refractivity contribution < 1.29 is 20.1 Å². The first-order valence-corrected chi connectivity index (χ1v) is 11.1. The molecule has 1 aliphatic heterocycles. The summed E-state index contributed by atoms with van der Waals surface area (Å²) in [6.07, 6.45) is 11.3. The van der Waals surface area contributed by atoms with Crippen LogP contribution in [0.3, 0.4) is 0 Å². The number of ether oxygens (including phenoxy) is 1. The van der Waals surface area contributed by atoms with Gasteiger partial charge in [-0.3, -0.25) is 0 Å². The monoisotopic (exact) mass is 426 g/mol. The molecule has 170 valence electrons. The lowest BCUT2D eigenvalue weighted by molar-refractivity contribution is 0.0721. The largest absolute Gasteiger partial charge is 0.508 e. The molecule has 31 heavy (non-hydrogen) atoms. The van der Waals surface area contributed by atoms with Crippen molar-refractivity contribution in [3.63, 3.8) is 0 Å². The quantitative estimate of drug-likeness (QED) is 0.423. The lowest BCUT2D eigenvalue weighted by Gasteiger charge is -2.32. The highest BCUT2D eigenvalue weighted by molar-refractivity contribution is 5.65. The predicted octanol–water partition coefficient (Wildman–Crippen LogP) is 6.01. The minimum absolute atomic E-state index is 0.237. The molecule has 1 aromatic carbocycles. The van der Waals surface area contributed by atoms with Crippen LogP contribution in [0.25, 0.3) is 6.08 Å². The first-order chi connectivity index (χ1) is 14.5. The van der Waals surface area contributed by atoms with Crippen LogP contribution in [-0.4, -0.2) is 33.1 Å². The Labute approximate surface area is 187 Å². The van der Waals surface area contributed by atoms with Gasteiger partial charge in [-0.25, -0.2) is 0 Å². The second-order valence-corrected chi connectivity index (χ2v) is 9.18. The molecule has 0 aromatic heterocycles. The zero-order chi connectivity index (χ0) is 23.2. The summed E-state index contributed by atoms with van der Waals surface area (Å²) in [5, 5.41) is 30.7. The summed E-state index contributed by atoms with van der Waals surface area (Å²) in [6, 6.07) is 3.41. The van der Waals surface area contributed by atoms with E-state index in [2.05, 4.69) is 19.9 Å². The third-order valence-corrected chi connectivity index (χ3v) is 5.68. The first kappa shape index (κ1) is 25.0. The third-order valence-electron chi connectivity index (χ3n) is 5.68. The van der Waals surface area contributed by atoms with Gasteiger partial charge in [0.25, 0.3) is 0 Å². The van der Waals surface area contributed by atoms with Crippen LogP contribution in [0.1, 0.15) is 71.4 Å². The number of rotatable bonds is 9. The molecular formula is C27H38O4. The van der Waals surface area contributed by atoms with Crippen LogP contribution < -0.4 is 4.74 Å². The molecular weight excluding hydrogens is 388 g/mol. The molecule has 1 aliphatic rings. The highest BCUT2D eigenvalue weighted by Crippen LogP contribution is 2.38. The Hall–Kier alpha value is -2.30. The third kappa shape index (κ3) is 7.41. The van der Waals surface area contributed by atoms with Gasteiger partial charge in [0.1, 0.15) is 29.3 Å². The molecule has 0 spiro atoms. The van der Waals surface area contributed by atoms with Crippen molar-refractivity contribution in [3.8, 4) is 11.5 Å².